The Hall–Kier alpha value is 0.170. The minimum Gasteiger partial charge on any atom is -0.314 e. The van der Waals surface area contributed by atoms with Gasteiger partial charge in [0.1, 0.15) is 0 Å². The third-order valence-electron chi connectivity index (χ3n) is 2.78. The maximum Gasteiger partial charge on any atom is 0.0349 e. The standard InChI is InChI=1S/C8H17N3.ClH/c1-7-4-9-2-3-11(7)8-5-10-6-8;/h7-10H,2-6H2,1H3;1H/t7-;/m1./s1. The molecule has 0 spiro atoms. The van der Waals surface area contributed by atoms with E-state index in [1.165, 1.54) is 26.2 Å². The molecule has 1 atom stereocenters. The monoisotopic (exact) mass is 191 g/mol. The second-order valence-electron chi connectivity index (χ2n) is 3.60. The van der Waals surface area contributed by atoms with E-state index in [9.17, 15) is 0 Å². The van der Waals surface area contributed by atoms with Crippen molar-refractivity contribution in [1.82, 2.24) is 15.5 Å². The zero-order valence-electron chi connectivity index (χ0n) is 7.55. The fourth-order valence-corrected chi connectivity index (χ4v) is 1.91. The maximum atomic E-state index is 3.41. The SMILES string of the molecule is C[C@@H]1CNCCN1C1CNC1.Cl. The van der Waals surface area contributed by atoms with Gasteiger partial charge in [0.2, 0.25) is 0 Å². The average Bonchev–Trinajstić information content (AvgIpc) is 1.90. The molecule has 0 aromatic carbocycles. The van der Waals surface area contributed by atoms with Crippen molar-refractivity contribution in [2.45, 2.75) is 19.0 Å². The Morgan fingerprint density at radius 1 is 1.17 bits per heavy atom. The molecule has 2 N–H and O–H groups in total. The van der Waals surface area contributed by atoms with Crippen LogP contribution < -0.4 is 10.6 Å². The Labute approximate surface area is 80.3 Å². The molecule has 2 rings (SSSR count). The number of nitrogens with one attached hydrogen (secondary N) is 2. The van der Waals surface area contributed by atoms with Crippen LogP contribution in [0.4, 0.5) is 0 Å². The molecule has 0 unspecified atom stereocenters. The average molecular weight is 192 g/mol. The van der Waals surface area contributed by atoms with Gasteiger partial charge in [-0.3, -0.25) is 4.90 Å². The summed E-state index contributed by atoms with van der Waals surface area (Å²) in [5, 5.41) is 6.72. The van der Waals surface area contributed by atoms with Gasteiger partial charge in [-0.1, -0.05) is 0 Å². The van der Waals surface area contributed by atoms with Crippen LogP contribution in [0.5, 0.6) is 0 Å². The van der Waals surface area contributed by atoms with Crippen molar-refractivity contribution < 1.29 is 0 Å². The summed E-state index contributed by atoms with van der Waals surface area (Å²) in [5.74, 6) is 0. The molecule has 2 aliphatic heterocycles. The van der Waals surface area contributed by atoms with Crippen molar-refractivity contribution in [2.75, 3.05) is 32.7 Å². The van der Waals surface area contributed by atoms with E-state index < -0.39 is 0 Å². The third-order valence-corrected chi connectivity index (χ3v) is 2.78. The Kier molecular flexibility index (Phi) is 3.77. The van der Waals surface area contributed by atoms with E-state index in [1.807, 2.05) is 0 Å². The molecule has 4 heteroatoms. The molecule has 2 aliphatic rings. The third kappa shape index (κ3) is 1.91. The Morgan fingerprint density at radius 3 is 2.42 bits per heavy atom. The van der Waals surface area contributed by atoms with Crippen LogP contribution in [0.3, 0.4) is 0 Å². The first-order chi connectivity index (χ1) is 5.38. The fourth-order valence-electron chi connectivity index (χ4n) is 1.91. The summed E-state index contributed by atoms with van der Waals surface area (Å²) in [6.45, 7) is 8.27. The largest absolute Gasteiger partial charge is 0.314 e. The summed E-state index contributed by atoms with van der Waals surface area (Å²) in [7, 11) is 0. The molecule has 0 aromatic rings. The lowest BCUT2D eigenvalue weighted by Crippen LogP contribution is -2.64. The van der Waals surface area contributed by atoms with Gasteiger partial charge in [-0.15, -0.1) is 12.4 Å². The zero-order chi connectivity index (χ0) is 7.68. The molecular weight excluding hydrogens is 174 g/mol. The molecule has 2 fully saturated rings. The summed E-state index contributed by atoms with van der Waals surface area (Å²) in [6.07, 6.45) is 0. The molecule has 0 aliphatic carbocycles. The Morgan fingerprint density at radius 2 is 1.92 bits per heavy atom. The second kappa shape index (κ2) is 4.42. The van der Waals surface area contributed by atoms with E-state index in [-0.39, 0.29) is 12.4 Å². The normalized spacial score (nSPS) is 32.2. The van der Waals surface area contributed by atoms with Crippen molar-refractivity contribution in [3.05, 3.63) is 0 Å². The van der Waals surface area contributed by atoms with Gasteiger partial charge in [0.05, 0.1) is 0 Å². The molecule has 2 saturated heterocycles. The van der Waals surface area contributed by atoms with Crippen LogP contribution in [-0.4, -0.2) is 49.7 Å². The zero-order valence-corrected chi connectivity index (χ0v) is 8.36. The van der Waals surface area contributed by atoms with Gasteiger partial charge in [-0.2, -0.15) is 0 Å². The highest BCUT2D eigenvalue weighted by molar-refractivity contribution is 5.85. The number of nitrogens with zero attached hydrogens (tertiary/aromatic N) is 1. The molecule has 12 heavy (non-hydrogen) atoms. The lowest BCUT2D eigenvalue weighted by molar-refractivity contribution is 0.0833. The predicted molar refractivity (Wildman–Crippen MR) is 52.9 cm³/mol. The highest BCUT2D eigenvalue weighted by Gasteiger charge is 2.29. The molecule has 0 amide bonds. The van der Waals surface area contributed by atoms with Crippen molar-refractivity contribution in [1.29, 1.82) is 0 Å². The molecule has 0 saturated carbocycles. The van der Waals surface area contributed by atoms with Gasteiger partial charge < -0.3 is 10.6 Å². The summed E-state index contributed by atoms with van der Waals surface area (Å²) >= 11 is 0. The van der Waals surface area contributed by atoms with E-state index in [2.05, 4.69) is 22.5 Å². The number of halogens is 1. The molecule has 0 aromatic heterocycles. The van der Waals surface area contributed by atoms with E-state index in [0.717, 1.165) is 18.6 Å². The molecule has 2 heterocycles. The van der Waals surface area contributed by atoms with E-state index >= 15 is 0 Å². The molecule has 3 nitrogen and oxygen atoms in total. The first-order valence-corrected chi connectivity index (χ1v) is 4.55. The Bertz CT molecular complexity index is 136. The van der Waals surface area contributed by atoms with Crippen LogP contribution in [-0.2, 0) is 0 Å². The van der Waals surface area contributed by atoms with Gasteiger partial charge in [-0.25, -0.2) is 0 Å². The van der Waals surface area contributed by atoms with E-state index in [0.29, 0.717) is 0 Å². The maximum absolute atomic E-state index is 3.41. The second-order valence-corrected chi connectivity index (χ2v) is 3.60. The number of rotatable bonds is 1. The molecule has 0 bridgehead atoms. The molecular formula is C8H18ClN3. The first-order valence-electron chi connectivity index (χ1n) is 4.55. The van der Waals surface area contributed by atoms with Crippen molar-refractivity contribution in [3.63, 3.8) is 0 Å². The van der Waals surface area contributed by atoms with Gasteiger partial charge in [-0.05, 0) is 6.92 Å². The van der Waals surface area contributed by atoms with Crippen LogP contribution in [0.15, 0.2) is 0 Å². The number of hydrogen-bond acceptors (Lipinski definition) is 3. The lowest BCUT2D eigenvalue weighted by Gasteiger charge is -2.44. The van der Waals surface area contributed by atoms with Crippen molar-refractivity contribution >= 4 is 12.4 Å². The quantitative estimate of drug-likeness (QED) is 0.595. The van der Waals surface area contributed by atoms with Gasteiger partial charge in [0.15, 0.2) is 0 Å². The van der Waals surface area contributed by atoms with Crippen LogP contribution in [0.2, 0.25) is 0 Å². The summed E-state index contributed by atoms with van der Waals surface area (Å²) < 4.78 is 0. The van der Waals surface area contributed by atoms with E-state index in [1.54, 1.807) is 0 Å². The number of piperazine rings is 1. The van der Waals surface area contributed by atoms with Gasteiger partial charge >= 0.3 is 0 Å². The Balaban J connectivity index is 0.000000720. The minimum absolute atomic E-state index is 0. The van der Waals surface area contributed by atoms with Gasteiger partial charge in [0.25, 0.3) is 0 Å². The number of hydrogen-bond donors (Lipinski definition) is 2. The van der Waals surface area contributed by atoms with Gasteiger partial charge in [0, 0.05) is 44.8 Å². The van der Waals surface area contributed by atoms with Crippen LogP contribution in [0, 0.1) is 0 Å². The van der Waals surface area contributed by atoms with Crippen LogP contribution in [0.25, 0.3) is 0 Å². The molecule has 0 radical (unpaired) electrons. The fraction of sp³-hybridized carbons (Fsp3) is 1.00. The molecule has 72 valence electrons. The van der Waals surface area contributed by atoms with Crippen molar-refractivity contribution in [2.24, 2.45) is 0 Å². The minimum atomic E-state index is 0. The van der Waals surface area contributed by atoms with Crippen molar-refractivity contribution in [3.8, 4) is 0 Å². The predicted octanol–water partition coefficient (Wildman–Crippen LogP) is -0.326. The summed E-state index contributed by atoms with van der Waals surface area (Å²) in [4.78, 5) is 2.62. The van der Waals surface area contributed by atoms with Crippen LogP contribution in [0.1, 0.15) is 6.92 Å². The lowest BCUT2D eigenvalue weighted by atomic mass is 10.1. The smallest absolute Gasteiger partial charge is 0.0349 e. The first kappa shape index (κ1) is 10.3. The highest BCUT2D eigenvalue weighted by Crippen LogP contribution is 2.10. The highest BCUT2D eigenvalue weighted by atomic mass is 35.5. The van der Waals surface area contributed by atoms with E-state index in [4.69, 9.17) is 0 Å². The van der Waals surface area contributed by atoms with Crippen LogP contribution >= 0.6 is 12.4 Å². The summed E-state index contributed by atoms with van der Waals surface area (Å²) in [5.41, 5.74) is 0. The summed E-state index contributed by atoms with van der Waals surface area (Å²) in [6, 6.07) is 1.56. The topological polar surface area (TPSA) is 27.3 Å².